The van der Waals surface area contributed by atoms with Gasteiger partial charge in [-0.15, -0.1) is 16.8 Å². The second-order valence-corrected chi connectivity index (χ2v) is 6.43. The van der Waals surface area contributed by atoms with Gasteiger partial charge in [0.2, 0.25) is 0 Å². The van der Waals surface area contributed by atoms with Crippen LogP contribution in [0.3, 0.4) is 0 Å². The highest BCUT2D eigenvalue weighted by atomic mass is 35.5. The zero-order valence-corrected chi connectivity index (χ0v) is 15.3. The van der Waals surface area contributed by atoms with Crippen molar-refractivity contribution in [1.82, 2.24) is 10.2 Å². The number of hydrogen-bond donors (Lipinski definition) is 1. The van der Waals surface area contributed by atoms with Crippen LogP contribution < -0.4 is 5.32 Å². The molecule has 0 fully saturated rings. The molecule has 1 aromatic heterocycles. The van der Waals surface area contributed by atoms with E-state index in [1.807, 2.05) is 0 Å². The zero-order valence-electron chi connectivity index (χ0n) is 14.6. The standard InChI is InChI=1S/C20H15ClF3N3O/c1-2-8-25-19-15-7-6-13(11-16(15)18(21)26-27-19)17(28)10-12-4-3-5-14(9-12)20(22,23)24/h2-7,9,11H,1,8,10H2,(H,25,27). The van der Waals surface area contributed by atoms with E-state index in [-0.39, 0.29) is 22.9 Å². The maximum absolute atomic E-state index is 12.8. The lowest BCUT2D eigenvalue weighted by atomic mass is 9.99. The second-order valence-electron chi connectivity index (χ2n) is 6.07. The molecule has 4 nitrogen and oxygen atoms in total. The second kappa shape index (κ2) is 7.98. The SMILES string of the molecule is C=CCNc1nnc(Cl)c2cc(C(=O)Cc3cccc(C(F)(F)F)c3)ccc12. The minimum atomic E-state index is -4.46. The number of alkyl halides is 3. The van der Waals surface area contributed by atoms with Crippen LogP contribution in [0.15, 0.2) is 55.1 Å². The number of carbonyl (C=O) groups excluding carboxylic acids is 1. The van der Waals surface area contributed by atoms with E-state index in [1.54, 1.807) is 24.3 Å². The molecule has 0 bridgehead atoms. The van der Waals surface area contributed by atoms with Gasteiger partial charge in [0.05, 0.1) is 5.56 Å². The summed E-state index contributed by atoms with van der Waals surface area (Å²) in [4.78, 5) is 12.6. The smallest absolute Gasteiger partial charge is 0.365 e. The van der Waals surface area contributed by atoms with Gasteiger partial charge in [0, 0.05) is 29.3 Å². The van der Waals surface area contributed by atoms with Gasteiger partial charge < -0.3 is 5.32 Å². The first-order chi connectivity index (χ1) is 13.3. The Morgan fingerprint density at radius 3 is 2.64 bits per heavy atom. The van der Waals surface area contributed by atoms with Gasteiger partial charge in [0.15, 0.2) is 16.8 Å². The van der Waals surface area contributed by atoms with Gasteiger partial charge in [-0.3, -0.25) is 4.79 Å². The largest absolute Gasteiger partial charge is 0.416 e. The topological polar surface area (TPSA) is 54.9 Å². The first-order valence-electron chi connectivity index (χ1n) is 8.29. The number of carbonyl (C=O) groups is 1. The molecule has 28 heavy (non-hydrogen) atoms. The number of hydrogen-bond acceptors (Lipinski definition) is 4. The number of anilines is 1. The molecule has 0 spiro atoms. The van der Waals surface area contributed by atoms with Crippen molar-refractivity contribution in [1.29, 1.82) is 0 Å². The van der Waals surface area contributed by atoms with Crippen LogP contribution in [-0.4, -0.2) is 22.5 Å². The van der Waals surface area contributed by atoms with Crippen LogP contribution in [0.2, 0.25) is 5.15 Å². The fourth-order valence-electron chi connectivity index (χ4n) is 2.74. The normalized spacial score (nSPS) is 11.4. The van der Waals surface area contributed by atoms with Crippen LogP contribution in [0, 0.1) is 0 Å². The monoisotopic (exact) mass is 405 g/mol. The number of halogens is 4. The van der Waals surface area contributed by atoms with E-state index in [0.29, 0.717) is 28.7 Å². The molecule has 1 N–H and O–H groups in total. The van der Waals surface area contributed by atoms with Crippen LogP contribution in [0.25, 0.3) is 10.8 Å². The van der Waals surface area contributed by atoms with E-state index >= 15 is 0 Å². The fraction of sp³-hybridized carbons (Fsp3) is 0.150. The van der Waals surface area contributed by atoms with Crippen LogP contribution in [0.1, 0.15) is 21.5 Å². The lowest BCUT2D eigenvalue weighted by molar-refractivity contribution is -0.137. The number of ketones is 1. The Bertz CT molecular complexity index is 1050. The molecule has 2 aromatic carbocycles. The number of nitrogens with one attached hydrogen (secondary N) is 1. The Morgan fingerprint density at radius 2 is 1.93 bits per heavy atom. The number of aromatic nitrogens is 2. The average Bonchev–Trinajstić information content (AvgIpc) is 2.67. The van der Waals surface area contributed by atoms with Gasteiger partial charge >= 0.3 is 6.18 Å². The molecule has 0 aliphatic carbocycles. The summed E-state index contributed by atoms with van der Waals surface area (Å²) in [6.45, 7) is 4.09. The quantitative estimate of drug-likeness (QED) is 0.445. The van der Waals surface area contributed by atoms with Crippen LogP contribution >= 0.6 is 11.6 Å². The summed E-state index contributed by atoms with van der Waals surface area (Å²) in [5.41, 5.74) is -0.172. The van der Waals surface area contributed by atoms with Crippen LogP contribution in [-0.2, 0) is 12.6 Å². The van der Waals surface area contributed by atoms with Crippen molar-refractivity contribution in [2.24, 2.45) is 0 Å². The molecule has 0 atom stereocenters. The number of Topliss-reactive ketones (excluding diaryl/α,β-unsaturated/α-hetero) is 1. The van der Waals surface area contributed by atoms with E-state index in [4.69, 9.17) is 11.6 Å². The molecular formula is C20H15ClF3N3O. The van der Waals surface area contributed by atoms with Crippen LogP contribution in [0.5, 0.6) is 0 Å². The highest BCUT2D eigenvalue weighted by molar-refractivity contribution is 6.34. The molecule has 144 valence electrons. The van der Waals surface area contributed by atoms with Crippen molar-refractivity contribution < 1.29 is 18.0 Å². The van der Waals surface area contributed by atoms with Crippen molar-refractivity contribution in [3.63, 3.8) is 0 Å². The third-order valence-electron chi connectivity index (χ3n) is 4.09. The van der Waals surface area contributed by atoms with E-state index < -0.39 is 11.7 Å². The third kappa shape index (κ3) is 4.31. The summed E-state index contributed by atoms with van der Waals surface area (Å²) in [5.74, 6) is 0.172. The lowest BCUT2D eigenvalue weighted by Gasteiger charge is -2.10. The predicted octanol–water partition coefficient (Wildman–Crippen LogP) is 5.33. The summed E-state index contributed by atoms with van der Waals surface area (Å²) in [6, 6.07) is 9.58. The average molecular weight is 406 g/mol. The van der Waals surface area contributed by atoms with E-state index in [2.05, 4.69) is 22.1 Å². The number of nitrogens with zero attached hydrogens (tertiary/aromatic N) is 2. The summed E-state index contributed by atoms with van der Waals surface area (Å²) < 4.78 is 38.5. The molecule has 3 aromatic rings. The predicted molar refractivity (Wildman–Crippen MR) is 103 cm³/mol. The van der Waals surface area contributed by atoms with Crippen molar-refractivity contribution >= 4 is 34.0 Å². The Hall–Kier alpha value is -2.93. The highest BCUT2D eigenvalue weighted by Gasteiger charge is 2.30. The van der Waals surface area contributed by atoms with Crippen molar-refractivity contribution in [3.8, 4) is 0 Å². The van der Waals surface area contributed by atoms with Gasteiger partial charge in [-0.05, 0) is 23.8 Å². The molecule has 0 aliphatic heterocycles. The number of fused-ring (bicyclic) bond motifs is 1. The van der Waals surface area contributed by atoms with Gasteiger partial charge in [0.1, 0.15) is 0 Å². The van der Waals surface area contributed by atoms with Gasteiger partial charge in [-0.2, -0.15) is 13.2 Å². The fourth-order valence-corrected chi connectivity index (χ4v) is 2.94. The molecular weight excluding hydrogens is 391 g/mol. The number of rotatable bonds is 6. The molecule has 8 heteroatoms. The zero-order chi connectivity index (χ0) is 20.3. The first kappa shape index (κ1) is 19.8. The molecule has 1 heterocycles. The minimum Gasteiger partial charge on any atom is -0.365 e. The van der Waals surface area contributed by atoms with Crippen molar-refractivity contribution in [2.75, 3.05) is 11.9 Å². The van der Waals surface area contributed by atoms with Gasteiger partial charge in [-0.25, -0.2) is 0 Å². The molecule has 0 saturated heterocycles. The summed E-state index contributed by atoms with van der Waals surface area (Å²) in [5, 5.41) is 12.2. The van der Waals surface area contributed by atoms with E-state index in [9.17, 15) is 18.0 Å². The first-order valence-corrected chi connectivity index (χ1v) is 8.67. The van der Waals surface area contributed by atoms with E-state index in [1.165, 1.54) is 12.1 Å². The Kier molecular flexibility index (Phi) is 5.65. The summed E-state index contributed by atoms with van der Waals surface area (Å²) in [6.07, 6.45) is -2.95. The van der Waals surface area contributed by atoms with Crippen molar-refractivity contribution in [3.05, 3.63) is 77.0 Å². The third-order valence-corrected chi connectivity index (χ3v) is 4.37. The maximum Gasteiger partial charge on any atom is 0.416 e. The summed E-state index contributed by atoms with van der Waals surface area (Å²) in [7, 11) is 0. The molecule has 3 rings (SSSR count). The molecule has 0 saturated carbocycles. The molecule has 0 aliphatic rings. The van der Waals surface area contributed by atoms with Gasteiger partial charge in [-0.1, -0.05) is 41.9 Å². The highest BCUT2D eigenvalue weighted by Crippen LogP contribution is 2.30. The van der Waals surface area contributed by atoms with E-state index in [0.717, 1.165) is 12.1 Å². The Morgan fingerprint density at radius 1 is 1.14 bits per heavy atom. The molecule has 0 unspecified atom stereocenters. The van der Waals surface area contributed by atoms with Crippen molar-refractivity contribution in [2.45, 2.75) is 12.6 Å². The number of benzene rings is 2. The summed E-state index contributed by atoms with van der Waals surface area (Å²) >= 11 is 6.11. The minimum absolute atomic E-state index is 0.132. The van der Waals surface area contributed by atoms with Crippen LogP contribution in [0.4, 0.5) is 19.0 Å². The maximum atomic E-state index is 12.8. The molecule has 0 amide bonds. The Labute approximate surface area is 164 Å². The molecule has 0 radical (unpaired) electrons. The van der Waals surface area contributed by atoms with Gasteiger partial charge in [0.25, 0.3) is 0 Å². The lowest BCUT2D eigenvalue weighted by Crippen LogP contribution is -2.08. The Balaban J connectivity index is 1.90.